The lowest BCUT2D eigenvalue weighted by atomic mass is 10.1. The third-order valence-corrected chi connectivity index (χ3v) is 6.66. The topological polar surface area (TPSA) is 71.4 Å². The maximum atomic E-state index is 12.7. The first-order chi connectivity index (χ1) is 12.9. The van der Waals surface area contributed by atoms with Gasteiger partial charge >= 0.3 is 0 Å². The predicted octanol–water partition coefficient (Wildman–Crippen LogP) is 3.46. The Balaban J connectivity index is 1.83. The zero-order valence-electron chi connectivity index (χ0n) is 15.6. The number of nitrogens with one attached hydrogen (secondary N) is 1. The second-order valence-corrected chi connectivity index (χ2v) is 8.18. The third kappa shape index (κ3) is 3.61. The maximum Gasteiger partial charge on any atom is 0.257 e. The first-order valence-corrected chi connectivity index (χ1v) is 10.3. The summed E-state index contributed by atoms with van der Waals surface area (Å²) < 4.78 is 28.4. The zero-order valence-corrected chi connectivity index (χ0v) is 16.5. The lowest BCUT2D eigenvalue weighted by Gasteiger charge is -2.18. The van der Waals surface area contributed by atoms with Gasteiger partial charge in [0.15, 0.2) is 0 Å². The van der Waals surface area contributed by atoms with Crippen molar-refractivity contribution in [3.8, 4) is 0 Å². The van der Waals surface area contributed by atoms with Crippen LogP contribution in [0.3, 0.4) is 0 Å². The SMILES string of the molecule is CCN(CC)S(=O)(=O)c1ccc(NC(=O)c2cn(C)c3ccccc23)cc1. The van der Waals surface area contributed by atoms with Crippen LogP contribution in [-0.2, 0) is 17.1 Å². The van der Waals surface area contributed by atoms with Crippen LogP contribution >= 0.6 is 0 Å². The van der Waals surface area contributed by atoms with E-state index in [1.165, 1.54) is 16.4 Å². The second-order valence-electron chi connectivity index (χ2n) is 6.24. The van der Waals surface area contributed by atoms with Gasteiger partial charge < -0.3 is 9.88 Å². The third-order valence-electron chi connectivity index (χ3n) is 4.60. The quantitative estimate of drug-likeness (QED) is 0.706. The number of anilines is 1. The molecule has 0 bridgehead atoms. The smallest absolute Gasteiger partial charge is 0.257 e. The summed E-state index contributed by atoms with van der Waals surface area (Å²) >= 11 is 0. The highest BCUT2D eigenvalue weighted by Crippen LogP contribution is 2.22. The minimum absolute atomic E-state index is 0.217. The van der Waals surface area contributed by atoms with Gasteiger partial charge in [-0.1, -0.05) is 32.0 Å². The van der Waals surface area contributed by atoms with Gasteiger partial charge in [0, 0.05) is 42.9 Å². The van der Waals surface area contributed by atoms with Gasteiger partial charge in [-0.05, 0) is 30.3 Å². The molecular formula is C20H23N3O3S. The fraction of sp³-hybridized carbons (Fsp3) is 0.250. The molecule has 7 heteroatoms. The number of para-hydroxylation sites is 1. The lowest BCUT2D eigenvalue weighted by Crippen LogP contribution is -2.30. The van der Waals surface area contributed by atoms with Crippen LogP contribution in [0.15, 0.2) is 59.6 Å². The molecule has 1 aromatic heterocycles. The van der Waals surface area contributed by atoms with Crippen molar-refractivity contribution < 1.29 is 13.2 Å². The molecule has 3 rings (SSSR count). The van der Waals surface area contributed by atoms with E-state index in [0.717, 1.165) is 10.9 Å². The normalized spacial score (nSPS) is 11.9. The summed E-state index contributed by atoms with van der Waals surface area (Å²) in [5.41, 5.74) is 2.10. The van der Waals surface area contributed by atoms with Crippen molar-refractivity contribution in [2.45, 2.75) is 18.7 Å². The van der Waals surface area contributed by atoms with Crippen molar-refractivity contribution in [2.75, 3.05) is 18.4 Å². The molecule has 0 saturated heterocycles. The fourth-order valence-corrected chi connectivity index (χ4v) is 4.60. The molecular weight excluding hydrogens is 362 g/mol. The molecule has 0 aliphatic carbocycles. The summed E-state index contributed by atoms with van der Waals surface area (Å²) in [4.78, 5) is 12.9. The standard InChI is InChI=1S/C20H23N3O3S/c1-4-23(5-2)27(25,26)16-12-10-15(11-13-16)21-20(24)18-14-22(3)19-9-7-6-8-17(18)19/h6-14H,4-5H2,1-3H3,(H,21,24). The molecule has 6 nitrogen and oxygen atoms in total. The zero-order chi connectivity index (χ0) is 19.6. The van der Waals surface area contributed by atoms with Gasteiger partial charge in [0.25, 0.3) is 5.91 Å². The Morgan fingerprint density at radius 1 is 1.04 bits per heavy atom. The average molecular weight is 385 g/mol. The summed E-state index contributed by atoms with van der Waals surface area (Å²) in [6.07, 6.45) is 1.79. The minimum Gasteiger partial charge on any atom is -0.350 e. The molecule has 142 valence electrons. The molecule has 0 aliphatic heterocycles. The summed E-state index contributed by atoms with van der Waals surface area (Å²) in [5.74, 6) is -0.230. The van der Waals surface area contributed by atoms with E-state index in [4.69, 9.17) is 0 Å². The van der Waals surface area contributed by atoms with Gasteiger partial charge in [0.2, 0.25) is 10.0 Å². The van der Waals surface area contributed by atoms with Crippen LogP contribution in [0.4, 0.5) is 5.69 Å². The molecule has 27 heavy (non-hydrogen) atoms. The number of nitrogens with zero attached hydrogens (tertiary/aromatic N) is 2. The molecule has 0 unspecified atom stereocenters. The number of hydrogen-bond donors (Lipinski definition) is 1. The largest absolute Gasteiger partial charge is 0.350 e. The number of benzene rings is 2. The molecule has 1 heterocycles. The van der Waals surface area contributed by atoms with Crippen molar-refractivity contribution in [1.29, 1.82) is 0 Å². The Morgan fingerprint density at radius 2 is 1.67 bits per heavy atom. The van der Waals surface area contributed by atoms with Crippen molar-refractivity contribution in [2.24, 2.45) is 7.05 Å². The van der Waals surface area contributed by atoms with Crippen LogP contribution in [0.5, 0.6) is 0 Å². The van der Waals surface area contributed by atoms with Gasteiger partial charge in [-0.25, -0.2) is 8.42 Å². The molecule has 0 aliphatic rings. The van der Waals surface area contributed by atoms with Crippen LogP contribution in [0.25, 0.3) is 10.9 Å². The fourth-order valence-electron chi connectivity index (χ4n) is 3.14. The van der Waals surface area contributed by atoms with E-state index in [-0.39, 0.29) is 10.8 Å². The summed E-state index contributed by atoms with van der Waals surface area (Å²) in [6.45, 7) is 4.44. The number of carbonyl (C=O) groups excluding carboxylic acids is 1. The van der Waals surface area contributed by atoms with Crippen LogP contribution < -0.4 is 5.32 Å². The molecule has 2 aromatic carbocycles. The van der Waals surface area contributed by atoms with Crippen molar-refractivity contribution >= 4 is 32.5 Å². The van der Waals surface area contributed by atoms with E-state index in [1.807, 2.05) is 35.9 Å². The van der Waals surface area contributed by atoms with E-state index in [1.54, 1.807) is 32.2 Å². The van der Waals surface area contributed by atoms with Crippen molar-refractivity contribution in [1.82, 2.24) is 8.87 Å². The van der Waals surface area contributed by atoms with Gasteiger partial charge in [-0.15, -0.1) is 0 Å². The number of rotatable bonds is 6. The number of carbonyl (C=O) groups is 1. The van der Waals surface area contributed by atoms with E-state index in [9.17, 15) is 13.2 Å². The molecule has 0 spiro atoms. The number of aryl methyl sites for hydroxylation is 1. The number of hydrogen-bond acceptors (Lipinski definition) is 3. The Kier molecular flexibility index (Phi) is 5.34. The van der Waals surface area contributed by atoms with E-state index in [0.29, 0.717) is 24.3 Å². The minimum atomic E-state index is -3.51. The maximum absolute atomic E-state index is 12.7. The molecule has 0 radical (unpaired) electrons. The van der Waals surface area contributed by atoms with Gasteiger partial charge in [0.1, 0.15) is 0 Å². The summed E-state index contributed by atoms with van der Waals surface area (Å²) in [6, 6.07) is 13.9. The van der Waals surface area contributed by atoms with Crippen LogP contribution in [0.2, 0.25) is 0 Å². The molecule has 3 aromatic rings. The Hall–Kier alpha value is -2.64. The lowest BCUT2D eigenvalue weighted by molar-refractivity contribution is 0.102. The van der Waals surface area contributed by atoms with Crippen LogP contribution in [0, 0.1) is 0 Å². The van der Waals surface area contributed by atoms with E-state index >= 15 is 0 Å². The Bertz CT molecular complexity index is 1070. The number of fused-ring (bicyclic) bond motifs is 1. The van der Waals surface area contributed by atoms with Gasteiger partial charge in [-0.3, -0.25) is 4.79 Å². The van der Waals surface area contributed by atoms with Crippen molar-refractivity contribution in [3.63, 3.8) is 0 Å². The van der Waals surface area contributed by atoms with Crippen LogP contribution in [-0.4, -0.2) is 36.3 Å². The van der Waals surface area contributed by atoms with Crippen LogP contribution in [0.1, 0.15) is 24.2 Å². The van der Waals surface area contributed by atoms with E-state index < -0.39 is 10.0 Å². The molecule has 1 amide bonds. The molecule has 0 saturated carbocycles. The molecule has 0 atom stereocenters. The van der Waals surface area contributed by atoms with Gasteiger partial charge in [-0.2, -0.15) is 4.31 Å². The summed E-state index contributed by atoms with van der Waals surface area (Å²) in [7, 11) is -1.61. The van der Waals surface area contributed by atoms with Gasteiger partial charge in [0.05, 0.1) is 10.5 Å². The number of aromatic nitrogens is 1. The Labute approximate surface area is 159 Å². The predicted molar refractivity (Wildman–Crippen MR) is 107 cm³/mol. The number of sulfonamides is 1. The second kappa shape index (κ2) is 7.54. The van der Waals surface area contributed by atoms with E-state index in [2.05, 4.69) is 5.32 Å². The molecule has 0 fully saturated rings. The Morgan fingerprint density at radius 3 is 2.30 bits per heavy atom. The number of amides is 1. The first kappa shape index (κ1) is 19.1. The highest BCUT2D eigenvalue weighted by atomic mass is 32.2. The van der Waals surface area contributed by atoms with Crippen molar-refractivity contribution in [3.05, 3.63) is 60.3 Å². The highest BCUT2D eigenvalue weighted by molar-refractivity contribution is 7.89. The monoisotopic (exact) mass is 385 g/mol. The molecule has 1 N–H and O–H groups in total. The first-order valence-electron chi connectivity index (χ1n) is 8.84. The summed E-state index contributed by atoms with van der Waals surface area (Å²) in [5, 5.41) is 3.71. The average Bonchev–Trinajstić information content (AvgIpc) is 3.00. The highest BCUT2D eigenvalue weighted by Gasteiger charge is 2.21.